The van der Waals surface area contributed by atoms with Crippen LogP contribution in [0.1, 0.15) is 24.0 Å². The summed E-state index contributed by atoms with van der Waals surface area (Å²) in [6.45, 7) is 5.17. The molecule has 0 fully saturated rings. The molecule has 0 bridgehead atoms. The molecule has 1 nitrogen and oxygen atoms in total. The third kappa shape index (κ3) is 1.49. The molecule has 0 saturated heterocycles. The number of nitrogens with two attached hydrogens (primary N) is 1. The summed E-state index contributed by atoms with van der Waals surface area (Å²) in [6.07, 6.45) is 0. The van der Waals surface area contributed by atoms with Gasteiger partial charge in [0.25, 0.3) is 0 Å². The van der Waals surface area contributed by atoms with Gasteiger partial charge >= 0.3 is 0 Å². The minimum absolute atomic E-state index is 0.555. The second-order valence-electron chi connectivity index (χ2n) is 3.71. The number of fused-ring (bicyclic) bond motifs is 1. The molecule has 0 aliphatic carbocycles. The highest BCUT2D eigenvalue weighted by Crippen LogP contribution is 2.44. The topological polar surface area (TPSA) is 26.0 Å². The molecule has 1 aliphatic rings. The highest BCUT2D eigenvalue weighted by atomic mass is 32.2. The Morgan fingerprint density at radius 2 is 2.23 bits per heavy atom. The molecule has 2 heteroatoms. The van der Waals surface area contributed by atoms with Gasteiger partial charge in [-0.05, 0) is 18.6 Å². The zero-order valence-electron chi connectivity index (χ0n) is 8.08. The summed E-state index contributed by atoms with van der Waals surface area (Å²) in [4.78, 5) is 1.42. The summed E-state index contributed by atoms with van der Waals surface area (Å²) in [6, 6.07) is 6.68. The lowest BCUT2D eigenvalue weighted by atomic mass is 9.95. The molecule has 2 rings (SSSR count). The number of aryl methyl sites for hydroxylation is 1. The number of hydrogen-bond acceptors (Lipinski definition) is 2. The molecule has 1 aromatic carbocycles. The second-order valence-corrected chi connectivity index (χ2v) is 5.13. The van der Waals surface area contributed by atoms with Crippen molar-refractivity contribution in [3.63, 3.8) is 0 Å². The SMILES string of the molecule is Cc1ccc2c(c1)C(CN)C(C)S2. The fraction of sp³-hybridized carbons (Fsp3) is 0.455. The summed E-state index contributed by atoms with van der Waals surface area (Å²) in [5.41, 5.74) is 8.57. The minimum atomic E-state index is 0.555. The summed E-state index contributed by atoms with van der Waals surface area (Å²) < 4.78 is 0. The van der Waals surface area contributed by atoms with Gasteiger partial charge in [0.2, 0.25) is 0 Å². The van der Waals surface area contributed by atoms with Crippen LogP contribution in [-0.2, 0) is 0 Å². The molecule has 0 amide bonds. The average Bonchev–Trinajstić information content (AvgIpc) is 2.40. The fourth-order valence-corrected chi connectivity index (χ4v) is 3.23. The van der Waals surface area contributed by atoms with Crippen LogP contribution in [0.15, 0.2) is 23.1 Å². The zero-order chi connectivity index (χ0) is 9.42. The number of rotatable bonds is 1. The largest absolute Gasteiger partial charge is 0.330 e. The predicted molar refractivity (Wildman–Crippen MR) is 58.3 cm³/mol. The van der Waals surface area contributed by atoms with E-state index in [0.29, 0.717) is 11.2 Å². The lowest BCUT2D eigenvalue weighted by Crippen LogP contribution is -2.17. The van der Waals surface area contributed by atoms with Crippen molar-refractivity contribution in [2.45, 2.75) is 29.9 Å². The molecule has 2 N–H and O–H groups in total. The second kappa shape index (κ2) is 3.35. The van der Waals surface area contributed by atoms with Gasteiger partial charge in [-0.15, -0.1) is 11.8 Å². The van der Waals surface area contributed by atoms with Crippen LogP contribution in [0, 0.1) is 6.92 Å². The number of thioether (sulfide) groups is 1. The molecule has 1 aliphatic heterocycles. The van der Waals surface area contributed by atoms with Crippen LogP contribution in [0.3, 0.4) is 0 Å². The first-order valence-electron chi connectivity index (χ1n) is 4.69. The Morgan fingerprint density at radius 1 is 1.46 bits per heavy atom. The summed E-state index contributed by atoms with van der Waals surface area (Å²) in [5.74, 6) is 0.555. The molecule has 0 saturated carbocycles. The molecule has 0 radical (unpaired) electrons. The molecule has 13 heavy (non-hydrogen) atoms. The van der Waals surface area contributed by atoms with Crippen LogP contribution < -0.4 is 5.73 Å². The lowest BCUT2D eigenvalue weighted by molar-refractivity contribution is 0.697. The quantitative estimate of drug-likeness (QED) is 0.741. The predicted octanol–water partition coefficient (Wildman–Crippen LogP) is 2.53. The summed E-state index contributed by atoms with van der Waals surface area (Å²) in [5, 5.41) is 0.641. The maximum Gasteiger partial charge on any atom is 0.0147 e. The molecular weight excluding hydrogens is 178 g/mol. The van der Waals surface area contributed by atoms with Gasteiger partial charge in [0.15, 0.2) is 0 Å². The summed E-state index contributed by atoms with van der Waals surface area (Å²) in [7, 11) is 0. The van der Waals surface area contributed by atoms with E-state index in [1.165, 1.54) is 16.0 Å². The summed E-state index contributed by atoms with van der Waals surface area (Å²) >= 11 is 1.95. The van der Waals surface area contributed by atoms with Crippen molar-refractivity contribution < 1.29 is 0 Å². The van der Waals surface area contributed by atoms with Crippen molar-refractivity contribution in [2.24, 2.45) is 5.73 Å². The van der Waals surface area contributed by atoms with Crippen molar-refractivity contribution in [1.82, 2.24) is 0 Å². The van der Waals surface area contributed by atoms with Crippen LogP contribution >= 0.6 is 11.8 Å². The van der Waals surface area contributed by atoms with E-state index >= 15 is 0 Å². The maximum absolute atomic E-state index is 5.78. The van der Waals surface area contributed by atoms with Crippen LogP contribution in [0.25, 0.3) is 0 Å². The first-order chi connectivity index (χ1) is 6.22. The van der Waals surface area contributed by atoms with E-state index in [1.807, 2.05) is 11.8 Å². The fourth-order valence-electron chi connectivity index (χ4n) is 1.92. The van der Waals surface area contributed by atoms with E-state index in [9.17, 15) is 0 Å². The maximum atomic E-state index is 5.78. The molecule has 2 unspecified atom stereocenters. The third-order valence-electron chi connectivity index (χ3n) is 2.70. The Labute approximate surface area is 83.7 Å². The smallest absolute Gasteiger partial charge is 0.0147 e. The van der Waals surface area contributed by atoms with Crippen LogP contribution in [-0.4, -0.2) is 11.8 Å². The van der Waals surface area contributed by atoms with Crippen molar-refractivity contribution in [1.29, 1.82) is 0 Å². The Morgan fingerprint density at radius 3 is 2.92 bits per heavy atom. The van der Waals surface area contributed by atoms with Gasteiger partial charge in [-0.25, -0.2) is 0 Å². The van der Waals surface area contributed by atoms with Crippen molar-refractivity contribution in [3.8, 4) is 0 Å². The lowest BCUT2D eigenvalue weighted by Gasteiger charge is -2.12. The van der Waals surface area contributed by atoms with Crippen LogP contribution in [0.5, 0.6) is 0 Å². The van der Waals surface area contributed by atoms with E-state index in [2.05, 4.69) is 32.0 Å². The van der Waals surface area contributed by atoms with E-state index in [0.717, 1.165) is 6.54 Å². The molecule has 0 aromatic heterocycles. The van der Waals surface area contributed by atoms with Gasteiger partial charge in [-0.1, -0.05) is 24.6 Å². The molecule has 0 spiro atoms. The Bertz CT molecular complexity index is 322. The Hall–Kier alpha value is -0.470. The van der Waals surface area contributed by atoms with Crippen molar-refractivity contribution in [3.05, 3.63) is 29.3 Å². The number of benzene rings is 1. The highest BCUT2D eigenvalue weighted by Gasteiger charge is 2.28. The number of hydrogen-bond donors (Lipinski definition) is 1. The van der Waals surface area contributed by atoms with E-state index in [4.69, 9.17) is 5.73 Å². The molecular formula is C11H15NS. The van der Waals surface area contributed by atoms with Gasteiger partial charge in [0, 0.05) is 22.6 Å². The molecule has 1 heterocycles. The molecule has 70 valence electrons. The highest BCUT2D eigenvalue weighted by molar-refractivity contribution is 8.00. The van der Waals surface area contributed by atoms with Crippen LogP contribution in [0.4, 0.5) is 0 Å². The van der Waals surface area contributed by atoms with E-state index < -0.39 is 0 Å². The monoisotopic (exact) mass is 193 g/mol. The first-order valence-corrected chi connectivity index (χ1v) is 5.57. The van der Waals surface area contributed by atoms with Gasteiger partial charge in [0.1, 0.15) is 0 Å². The Balaban J connectivity index is 2.44. The van der Waals surface area contributed by atoms with Gasteiger partial charge in [0.05, 0.1) is 0 Å². The Kier molecular flexibility index (Phi) is 2.35. The average molecular weight is 193 g/mol. The standard InChI is InChI=1S/C11H15NS/c1-7-3-4-11-9(5-7)10(6-12)8(2)13-11/h3-5,8,10H,6,12H2,1-2H3. The molecule has 1 aromatic rings. The van der Waals surface area contributed by atoms with E-state index in [-0.39, 0.29) is 0 Å². The first kappa shape index (κ1) is 9.10. The van der Waals surface area contributed by atoms with Crippen LogP contribution in [0.2, 0.25) is 0 Å². The minimum Gasteiger partial charge on any atom is -0.330 e. The van der Waals surface area contributed by atoms with Crippen molar-refractivity contribution in [2.75, 3.05) is 6.54 Å². The normalized spacial score (nSPS) is 26.1. The zero-order valence-corrected chi connectivity index (χ0v) is 8.90. The van der Waals surface area contributed by atoms with E-state index in [1.54, 1.807) is 0 Å². The third-order valence-corrected chi connectivity index (χ3v) is 4.02. The van der Waals surface area contributed by atoms with Gasteiger partial charge in [-0.2, -0.15) is 0 Å². The van der Waals surface area contributed by atoms with Crippen molar-refractivity contribution >= 4 is 11.8 Å². The molecule has 2 atom stereocenters. The van der Waals surface area contributed by atoms with Gasteiger partial charge in [-0.3, -0.25) is 0 Å². The van der Waals surface area contributed by atoms with Gasteiger partial charge < -0.3 is 5.73 Å².